The molecule has 0 aromatic carbocycles. The number of fused-ring (bicyclic) bond motifs is 1. The Morgan fingerprint density at radius 1 is 1.35 bits per heavy atom. The standard InChI is InChI=1S/C14H25N3O3/c1-3-14(4-2,12(15)16-20)13(19)17-7-9-5-6-11(18)10(9)8-17/h9-11,18,20H,3-8H2,1-2H3,(H2,15,16). The molecule has 3 unspecified atom stereocenters. The van der Waals surface area contributed by atoms with Crippen LogP contribution in [0, 0.1) is 17.3 Å². The molecule has 1 amide bonds. The fourth-order valence-electron chi connectivity index (χ4n) is 3.83. The third kappa shape index (κ3) is 2.16. The number of amides is 1. The molecule has 1 aliphatic carbocycles. The minimum absolute atomic E-state index is 0.00916. The number of oxime groups is 1. The van der Waals surface area contributed by atoms with Gasteiger partial charge in [0.25, 0.3) is 0 Å². The molecule has 1 heterocycles. The quantitative estimate of drug-likeness (QED) is 0.307. The molecule has 6 nitrogen and oxygen atoms in total. The summed E-state index contributed by atoms with van der Waals surface area (Å²) in [5.41, 5.74) is 4.87. The summed E-state index contributed by atoms with van der Waals surface area (Å²) in [5, 5.41) is 22.0. The first-order valence-electron chi connectivity index (χ1n) is 7.45. The largest absolute Gasteiger partial charge is 0.409 e. The average Bonchev–Trinajstić information content (AvgIpc) is 3.03. The van der Waals surface area contributed by atoms with E-state index < -0.39 is 5.41 Å². The molecule has 0 aromatic heterocycles. The maximum absolute atomic E-state index is 12.8. The summed E-state index contributed by atoms with van der Waals surface area (Å²) in [4.78, 5) is 14.6. The molecule has 2 aliphatic rings. The van der Waals surface area contributed by atoms with Gasteiger partial charge in [-0.15, -0.1) is 0 Å². The molecule has 2 rings (SSSR count). The molecule has 0 spiro atoms. The molecule has 0 bridgehead atoms. The van der Waals surface area contributed by atoms with E-state index in [2.05, 4.69) is 5.16 Å². The maximum Gasteiger partial charge on any atom is 0.236 e. The molecule has 1 saturated carbocycles. The van der Waals surface area contributed by atoms with Crippen LogP contribution in [0.5, 0.6) is 0 Å². The van der Waals surface area contributed by atoms with Crippen molar-refractivity contribution in [3.8, 4) is 0 Å². The van der Waals surface area contributed by atoms with Gasteiger partial charge >= 0.3 is 0 Å². The fraction of sp³-hybridized carbons (Fsp3) is 0.857. The first kappa shape index (κ1) is 15.1. The zero-order valence-corrected chi connectivity index (χ0v) is 12.2. The van der Waals surface area contributed by atoms with Crippen molar-refractivity contribution in [2.75, 3.05) is 13.1 Å². The lowest BCUT2D eigenvalue weighted by Crippen LogP contribution is -2.50. The van der Waals surface area contributed by atoms with E-state index in [9.17, 15) is 9.90 Å². The number of rotatable bonds is 4. The molecule has 1 saturated heterocycles. The lowest BCUT2D eigenvalue weighted by atomic mass is 9.79. The molecule has 114 valence electrons. The summed E-state index contributed by atoms with van der Waals surface area (Å²) in [7, 11) is 0. The zero-order chi connectivity index (χ0) is 14.9. The first-order chi connectivity index (χ1) is 9.50. The van der Waals surface area contributed by atoms with Crippen LogP contribution in [0.3, 0.4) is 0 Å². The van der Waals surface area contributed by atoms with Crippen molar-refractivity contribution in [2.45, 2.75) is 45.6 Å². The van der Waals surface area contributed by atoms with E-state index in [1.54, 1.807) is 4.90 Å². The van der Waals surface area contributed by atoms with Gasteiger partial charge in [-0.2, -0.15) is 0 Å². The van der Waals surface area contributed by atoms with Gasteiger partial charge in [-0.1, -0.05) is 19.0 Å². The summed E-state index contributed by atoms with van der Waals surface area (Å²) in [6.45, 7) is 5.03. The Morgan fingerprint density at radius 2 is 2.00 bits per heavy atom. The van der Waals surface area contributed by atoms with E-state index in [1.165, 1.54) is 0 Å². The summed E-state index contributed by atoms with van der Waals surface area (Å²) < 4.78 is 0. The maximum atomic E-state index is 12.8. The Labute approximate surface area is 119 Å². The topological polar surface area (TPSA) is 99.2 Å². The number of carbonyl (C=O) groups is 1. The molecule has 0 aromatic rings. The van der Waals surface area contributed by atoms with Crippen LogP contribution in [0.4, 0.5) is 0 Å². The molecule has 0 radical (unpaired) electrons. The Balaban J connectivity index is 2.18. The van der Waals surface area contributed by atoms with Crippen molar-refractivity contribution in [1.82, 2.24) is 4.90 Å². The highest BCUT2D eigenvalue weighted by atomic mass is 16.4. The van der Waals surface area contributed by atoms with Gasteiger partial charge in [0, 0.05) is 19.0 Å². The van der Waals surface area contributed by atoms with Crippen LogP contribution in [-0.4, -0.2) is 46.1 Å². The number of aliphatic hydroxyl groups is 1. The highest BCUT2D eigenvalue weighted by molar-refractivity contribution is 6.06. The number of carbonyl (C=O) groups excluding carboxylic acids is 1. The second kappa shape index (κ2) is 5.60. The molecule has 4 N–H and O–H groups in total. The Kier molecular flexibility index (Phi) is 4.22. The average molecular weight is 283 g/mol. The van der Waals surface area contributed by atoms with Crippen LogP contribution in [0.15, 0.2) is 5.16 Å². The van der Waals surface area contributed by atoms with Crippen molar-refractivity contribution < 1.29 is 15.1 Å². The summed E-state index contributed by atoms with van der Waals surface area (Å²) in [6, 6.07) is 0. The summed E-state index contributed by atoms with van der Waals surface area (Å²) in [5.74, 6) is 0.509. The van der Waals surface area contributed by atoms with Crippen LogP contribution in [0.25, 0.3) is 0 Å². The van der Waals surface area contributed by atoms with Crippen LogP contribution >= 0.6 is 0 Å². The highest BCUT2D eigenvalue weighted by Crippen LogP contribution is 2.40. The van der Waals surface area contributed by atoms with Crippen molar-refractivity contribution >= 4 is 11.7 Å². The number of nitrogens with zero attached hydrogens (tertiary/aromatic N) is 2. The van der Waals surface area contributed by atoms with Gasteiger partial charge in [-0.05, 0) is 31.6 Å². The Bertz CT molecular complexity index is 406. The van der Waals surface area contributed by atoms with Crippen LogP contribution in [0.1, 0.15) is 39.5 Å². The van der Waals surface area contributed by atoms with Gasteiger partial charge in [0.2, 0.25) is 5.91 Å². The lowest BCUT2D eigenvalue weighted by Gasteiger charge is -2.33. The van der Waals surface area contributed by atoms with E-state index in [0.717, 1.165) is 12.8 Å². The van der Waals surface area contributed by atoms with Gasteiger partial charge in [-0.25, -0.2) is 0 Å². The van der Waals surface area contributed by atoms with E-state index in [1.807, 2.05) is 13.8 Å². The van der Waals surface area contributed by atoms with E-state index in [-0.39, 0.29) is 23.8 Å². The Morgan fingerprint density at radius 3 is 2.50 bits per heavy atom. The number of aliphatic hydroxyl groups excluding tert-OH is 1. The van der Waals surface area contributed by atoms with Crippen molar-refractivity contribution in [1.29, 1.82) is 0 Å². The summed E-state index contributed by atoms with van der Waals surface area (Å²) in [6.07, 6.45) is 2.54. The zero-order valence-electron chi connectivity index (χ0n) is 12.2. The third-order valence-electron chi connectivity index (χ3n) is 5.32. The Hall–Kier alpha value is -1.30. The third-order valence-corrected chi connectivity index (χ3v) is 5.32. The first-order valence-corrected chi connectivity index (χ1v) is 7.45. The number of hydrogen-bond acceptors (Lipinski definition) is 4. The minimum atomic E-state index is -0.918. The van der Waals surface area contributed by atoms with E-state index in [0.29, 0.717) is 31.8 Å². The molecular formula is C14H25N3O3. The van der Waals surface area contributed by atoms with E-state index in [4.69, 9.17) is 10.9 Å². The molecule has 1 aliphatic heterocycles. The van der Waals surface area contributed by atoms with Gasteiger partial charge in [0.05, 0.1) is 6.10 Å². The monoisotopic (exact) mass is 283 g/mol. The second-order valence-corrected chi connectivity index (χ2v) is 6.05. The number of hydrogen-bond donors (Lipinski definition) is 3. The number of likely N-dealkylation sites (tertiary alicyclic amines) is 1. The van der Waals surface area contributed by atoms with Crippen molar-refractivity contribution in [3.05, 3.63) is 0 Å². The summed E-state index contributed by atoms with van der Waals surface area (Å²) >= 11 is 0. The van der Waals surface area contributed by atoms with Crippen molar-refractivity contribution in [2.24, 2.45) is 28.1 Å². The fourth-order valence-corrected chi connectivity index (χ4v) is 3.83. The normalized spacial score (nSPS) is 30.6. The van der Waals surface area contributed by atoms with Crippen LogP contribution in [0.2, 0.25) is 0 Å². The molecular weight excluding hydrogens is 258 g/mol. The molecule has 20 heavy (non-hydrogen) atoms. The lowest BCUT2D eigenvalue weighted by molar-refractivity contribution is -0.138. The van der Waals surface area contributed by atoms with Crippen molar-refractivity contribution in [3.63, 3.8) is 0 Å². The van der Waals surface area contributed by atoms with Gasteiger partial charge in [0.1, 0.15) is 5.41 Å². The molecule has 2 fully saturated rings. The molecule has 6 heteroatoms. The van der Waals surface area contributed by atoms with Gasteiger partial charge < -0.3 is 20.9 Å². The highest BCUT2D eigenvalue weighted by Gasteiger charge is 2.49. The van der Waals surface area contributed by atoms with Crippen LogP contribution in [-0.2, 0) is 4.79 Å². The van der Waals surface area contributed by atoms with Crippen LogP contribution < -0.4 is 5.73 Å². The van der Waals surface area contributed by atoms with Gasteiger partial charge in [-0.3, -0.25) is 4.79 Å². The number of nitrogens with two attached hydrogens (primary N) is 1. The predicted molar refractivity (Wildman–Crippen MR) is 75.2 cm³/mol. The number of amidine groups is 1. The van der Waals surface area contributed by atoms with Gasteiger partial charge in [0.15, 0.2) is 5.84 Å². The SMILES string of the molecule is CCC(CC)(C(=O)N1CC2CCC(O)C2C1)C(N)=NO. The molecule has 3 atom stereocenters. The van der Waals surface area contributed by atoms with E-state index >= 15 is 0 Å². The second-order valence-electron chi connectivity index (χ2n) is 6.05. The predicted octanol–water partition coefficient (Wildman–Crippen LogP) is 0.769. The minimum Gasteiger partial charge on any atom is -0.409 e. The smallest absolute Gasteiger partial charge is 0.236 e.